The molecular formula is C39H50F4N8O4. The monoisotopic (exact) mass is 770 g/mol. The Morgan fingerprint density at radius 2 is 1.55 bits per heavy atom. The van der Waals surface area contributed by atoms with Gasteiger partial charge in [0, 0.05) is 19.6 Å². The molecule has 2 aromatic heterocycles. The van der Waals surface area contributed by atoms with E-state index in [-0.39, 0.29) is 18.4 Å². The van der Waals surface area contributed by atoms with Crippen LogP contribution < -0.4 is 5.73 Å². The van der Waals surface area contributed by atoms with E-state index in [0.717, 1.165) is 59.7 Å². The molecule has 2 aromatic rings. The third-order valence-electron chi connectivity index (χ3n) is 10.1. The minimum absolute atomic E-state index is 0.193. The molecular weight excluding hydrogens is 720 g/mol. The third kappa shape index (κ3) is 10.3. The number of ether oxygens (including phenoxy) is 1. The first-order chi connectivity index (χ1) is 25.9. The second-order valence-electron chi connectivity index (χ2n) is 15.3. The minimum atomic E-state index is -3.17. The van der Waals surface area contributed by atoms with E-state index in [1.165, 1.54) is 11.1 Å². The Kier molecular flexibility index (Phi) is 12.7. The molecule has 298 valence electrons. The van der Waals surface area contributed by atoms with E-state index in [4.69, 9.17) is 5.73 Å². The van der Waals surface area contributed by atoms with E-state index in [9.17, 15) is 31.9 Å². The van der Waals surface area contributed by atoms with Gasteiger partial charge in [-0.25, -0.2) is 32.3 Å². The fourth-order valence-corrected chi connectivity index (χ4v) is 6.96. The van der Waals surface area contributed by atoms with Gasteiger partial charge in [0.05, 0.1) is 68.5 Å². The van der Waals surface area contributed by atoms with Crippen molar-refractivity contribution >= 4 is 35.3 Å². The summed E-state index contributed by atoms with van der Waals surface area (Å²) in [5.41, 5.74) is 11.8. The number of nitrogens with zero attached hydrogens (tertiary/aromatic N) is 5. The number of aromatic nitrogens is 4. The molecule has 5 rings (SSSR count). The summed E-state index contributed by atoms with van der Waals surface area (Å²) in [6.45, 7) is 6.04. The first kappa shape index (κ1) is 41.3. The highest BCUT2D eigenvalue weighted by atomic mass is 19.3. The number of rotatable bonds is 13. The lowest BCUT2D eigenvalue weighted by molar-refractivity contribution is -0.140. The van der Waals surface area contributed by atoms with Crippen molar-refractivity contribution in [2.45, 2.75) is 97.2 Å². The zero-order chi connectivity index (χ0) is 40.2. The molecule has 4 N–H and O–H groups in total. The molecule has 1 aliphatic heterocycles. The van der Waals surface area contributed by atoms with Gasteiger partial charge in [-0.3, -0.25) is 9.59 Å². The first-order valence-corrected chi connectivity index (χ1v) is 18.5. The Bertz CT molecular complexity index is 1900. The van der Waals surface area contributed by atoms with Crippen molar-refractivity contribution in [3.63, 3.8) is 0 Å². The summed E-state index contributed by atoms with van der Waals surface area (Å²) in [5.74, 6) is -8.13. The Hall–Kier alpha value is -4.86. The van der Waals surface area contributed by atoms with Crippen LogP contribution >= 0.6 is 0 Å². The lowest BCUT2D eigenvalue weighted by atomic mass is 9.86. The number of likely N-dealkylation sites (tertiary alicyclic amines) is 1. The molecule has 3 unspecified atom stereocenters. The molecule has 3 amide bonds. The van der Waals surface area contributed by atoms with E-state index >= 15 is 0 Å². The normalized spacial score (nSPS) is 19.9. The number of nitrogens with one attached hydrogen (secondary N) is 2. The lowest BCUT2D eigenvalue weighted by Crippen LogP contribution is -2.47. The molecule has 3 aliphatic rings. The number of hydrogen-bond donors (Lipinski definition) is 3. The van der Waals surface area contributed by atoms with Gasteiger partial charge in [-0.15, -0.1) is 0 Å². The summed E-state index contributed by atoms with van der Waals surface area (Å²) in [6, 6.07) is -1.77. The molecule has 1 fully saturated rings. The molecule has 0 aromatic carbocycles. The van der Waals surface area contributed by atoms with Crippen molar-refractivity contribution in [1.82, 2.24) is 29.7 Å². The fourth-order valence-electron chi connectivity index (χ4n) is 6.96. The number of methoxy groups -OCH3 is 1. The number of hydrogen-bond acceptors (Lipinski definition) is 7. The zero-order valence-corrected chi connectivity index (χ0v) is 32.0. The number of aliphatic imine (C=N–C) groups is 1. The number of aromatic amines is 2. The van der Waals surface area contributed by atoms with E-state index in [1.807, 2.05) is 18.2 Å². The summed E-state index contributed by atoms with van der Waals surface area (Å²) in [6.07, 6.45) is 14.0. The molecule has 16 heteroatoms. The van der Waals surface area contributed by atoms with Crippen LogP contribution in [0.4, 0.5) is 22.4 Å². The Balaban J connectivity index is 1.26. The van der Waals surface area contributed by atoms with E-state index in [1.54, 1.807) is 40.1 Å². The summed E-state index contributed by atoms with van der Waals surface area (Å²) < 4.78 is 62.0. The van der Waals surface area contributed by atoms with Crippen molar-refractivity contribution in [3.8, 4) is 0 Å². The van der Waals surface area contributed by atoms with Gasteiger partial charge < -0.3 is 30.2 Å². The van der Waals surface area contributed by atoms with Crippen LogP contribution in [-0.2, 0) is 20.9 Å². The van der Waals surface area contributed by atoms with Gasteiger partial charge in [-0.2, -0.15) is 4.99 Å². The van der Waals surface area contributed by atoms with Crippen molar-refractivity contribution in [2.24, 2.45) is 28.5 Å². The molecule has 0 radical (unpaired) electrons. The lowest BCUT2D eigenvalue weighted by Gasteiger charge is -2.29. The summed E-state index contributed by atoms with van der Waals surface area (Å²) in [7, 11) is 1.15. The number of imidazole rings is 2. The molecule has 0 saturated carbocycles. The largest absolute Gasteiger partial charge is 0.451 e. The molecule has 3 atom stereocenters. The molecule has 2 aliphatic carbocycles. The van der Waals surface area contributed by atoms with Gasteiger partial charge in [0.25, 0.3) is 11.8 Å². The molecule has 1 saturated heterocycles. The summed E-state index contributed by atoms with van der Waals surface area (Å²) in [5, 5.41) is 0. The standard InChI is InChI=1S/C39H50F4N8O4/c1-22(2)28(16-47-37(54)55-6)35(52)50(20-38(5,40)41)19-32-45-17-29(48-32)26-11-7-24(8-12-26)25-9-13-27(14-10-25)30-18-46-34(49-30)31-15-39(42,43)21-51(31)36(53)33(44)23(3)4/h7,9,11,13,16-18,22-23,28,31,33H,8,10,12,14-15,19-21,44H2,1-6H3,(H,45,48)(H,46,49). The maximum absolute atomic E-state index is 14.5. The van der Waals surface area contributed by atoms with Gasteiger partial charge in [0.2, 0.25) is 11.8 Å². The fraction of sp³-hybridized carbons (Fsp3) is 0.538. The van der Waals surface area contributed by atoms with Crippen LogP contribution in [0.25, 0.3) is 11.1 Å². The Labute approximate surface area is 318 Å². The van der Waals surface area contributed by atoms with Crippen LogP contribution in [0, 0.1) is 17.8 Å². The molecule has 3 heterocycles. The van der Waals surface area contributed by atoms with Gasteiger partial charge in [0.15, 0.2) is 0 Å². The van der Waals surface area contributed by atoms with E-state index in [2.05, 4.69) is 35.7 Å². The highest BCUT2D eigenvalue weighted by Crippen LogP contribution is 2.41. The van der Waals surface area contributed by atoms with Crippen LogP contribution in [0.15, 0.2) is 52.8 Å². The van der Waals surface area contributed by atoms with Gasteiger partial charge in [-0.05, 0) is 59.8 Å². The van der Waals surface area contributed by atoms with Crippen molar-refractivity contribution in [3.05, 3.63) is 70.9 Å². The number of nitrogens with two attached hydrogens (primary N) is 1. The average molecular weight is 771 g/mol. The second-order valence-corrected chi connectivity index (χ2v) is 15.3. The molecule has 0 bridgehead atoms. The van der Waals surface area contributed by atoms with Crippen LogP contribution in [-0.4, -0.2) is 91.9 Å². The summed E-state index contributed by atoms with van der Waals surface area (Å²) >= 11 is 0. The van der Waals surface area contributed by atoms with Crippen LogP contribution in [0.2, 0.25) is 0 Å². The molecule has 55 heavy (non-hydrogen) atoms. The summed E-state index contributed by atoms with van der Waals surface area (Å²) in [4.78, 5) is 59.0. The highest BCUT2D eigenvalue weighted by molar-refractivity contribution is 5.96. The number of H-pyrrole nitrogens is 2. The first-order valence-electron chi connectivity index (χ1n) is 18.5. The number of halogens is 4. The number of carbonyl (C=O) groups is 3. The van der Waals surface area contributed by atoms with E-state index in [0.29, 0.717) is 30.2 Å². The van der Waals surface area contributed by atoms with Crippen molar-refractivity contribution in [1.29, 1.82) is 0 Å². The smallest absolute Gasteiger partial charge is 0.432 e. The number of amides is 3. The third-order valence-corrected chi connectivity index (χ3v) is 10.1. The average Bonchev–Trinajstić information content (AvgIpc) is 3.89. The molecule has 12 nitrogen and oxygen atoms in total. The van der Waals surface area contributed by atoms with Crippen molar-refractivity contribution in [2.75, 3.05) is 20.2 Å². The number of carbonyl (C=O) groups excluding carboxylic acids is 3. The number of allylic oxidation sites excluding steroid dienone is 8. The minimum Gasteiger partial charge on any atom is -0.451 e. The Morgan fingerprint density at radius 3 is 2.07 bits per heavy atom. The topological polar surface area (TPSA) is 163 Å². The second kappa shape index (κ2) is 16.9. The van der Waals surface area contributed by atoms with E-state index < -0.39 is 67.3 Å². The van der Waals surface area contributed by atoms with Gasteiger partial charge in [-0.1, -0.05) is 52.0 Å². The predicted octanol–water partition coefficient (Wildman–Crippen LogP) is 7.03. The van der Waals surface area contributed by atoms with Crippen LogP contribution in [0.3, 0.4) is 0 Å². The zero-order valence-electron chi connectivity index (χ0n) is 32.0. The predicted molar refractivity (Wildman–Crippen MR) is 200 cm³/mol. The van der Waals surface area contributed by atoms with Gasteiger partial charge >= 0.3 is 6.09 Å². The SMILES string of the molecule is COC(=O)N=CC(C(=O)N(Cc1ncc(C2=CC=C(C3=CC=C(c4cnc(C5CC(F)(F)CN5C(=O)C(N)C(C)C)[nH]4)CC3)CC2)[nH]1)CC(C)(F)F)C(C)C. The Morgan fingerprint density at radius 1 is 0.982 bits per heavy atom. The van der Waals surface area contributed by atoms with Gasteiger partial charge in [0.1, 0.15) is 11.6 Å². The highest BCUT2D eigenvalue weighted by Gasteiger charge is 2.49. The maximum Gasteiger partial charge on any atom is 0.432 e. The quantitative estimate of drug-likeness (QED) is 0.146. The van der Waals surface area contributed by atoms with Crippen molar-refractivity contribution < 1.29 is 36.7 Å². The van der Waals surface area contributed by atoms with Crippen LogP contribution in [0.5, 0.6) is 0 Å². The number of alkyl halides is 4. The van der Waals surface area contributed by atoms with Crippen LogP contribution in [0.1, 0.15) is 95.8 Å². The molecule has 0 spiro atoms. The maximum atomic E-state index is 14.5.